The highest BCUT2D eigenvalue weighted by Gasteiger charge is 2.57. The van der Waals surface area contributed by atoms with Gasteiger partial charge in [-0.15, -0.1) is 0 Å². The third kappa shape index (κ3) is 3.30. The zero-order valence-corrected chi connectivity index (χ0v) is 17.2. The van der Waals surface area contributed by atoms with E-state index < -0.39 is 19.1 Å². The Morgan fingerprint density at radius 1 is 1.24 bits per heavy atom. The number of amides is 2. The maximum Gasteiger partial charge on any atom is 0.487 e. The molecule has 2 aliphatic heterocycles. The van der Waals surface area contributed by atoms with Gasteiger partial charge < -0.3 is 14.8 Å². The Balaban J connectivity index is 1.75. The highest BCUT2D eigenvalue weighted by molar-refractivity contribution is 6.53. The number of imide groups is 1. The summed E-state index contributed by atoms with van der Waals surface area (Å²) in [6.07, 6.45) is 1.31. The summed E-state index contributed by atoms with van der Waals surface area (Å²) >= 11 is 0. The van der Waals surface area contributed by atoms with Gasteiger partial charge in [-0.2, -0.15) is 0 Å². The minimum Gasteiger partial charge on any atom is -0.508 e. The molecule has 3 aliphatic rings. The molecule has 7 heteroatoms. The number of nitrogens with zero attached hydrogens (tertiary/aromatic N) is 1. The lowest BCUT2D eigenvalue weighted by molar-refractivity contribution is -0.140. The first kappa shape index (κ1) is 20.2. The van der Waals surface area contributed by atoms with Gasteiger partial charge in [0, 0.05) is 6.54 Å². The van der Waals surface area contributed by atoms with E-state index in [1.54, 1.807) is 18.2 Å². The van der Waals surface area contributed by atoms with Gasteiger partial charge in [0.15, 0.2) is 0 Å². The Kier molecular flexibility index (Phi) is 5.30. The van der Waals surface area contributed by atoms with Crippen molar-refractivity contribution in [2.75, 3.05) is 6.54 Å². The number of fused-ring (bicyclic) bond motifs is 3. The topological polar surface area (TPSA) is 87.1 Å². The van der Waals surface area contributed by atoms with Gasteiger partial charge >= 0.3 is 7.12 Å². The van der Waals surface area contributed by atoms with E-state index in [-0.39, 0.29) is 35.3 Å². The van der Waals surface area contributed by atoms with Crippen molar-refractivity contribution >= 4 is 18.9 Å². The first-order valence-corrected chi connectivity index (χ1v) is 10.5. The predicted octanol–water partition coefficient (Wildman–Crippen LogP) is 2.86. The van der Waals surface area contributed by atoms with Crippen LogP contribution in [0.2, 0.25) is 0 Å². The minimum absolute atomic E-state index is 0.0751. The van der Waals surface area contributed by atoms with Crippen LogP contribution in [0.5, 0.6) is 5.75 Å². The van der Waals surface area contributed by atoms with Gasteiger partial charge in [-0.3, -0.25) is 14.5 Å². The molecule has 1 aromatic rings. The van der Waals surface area contributed by atoms with Gasteiger partial charge in [0.2, 0.25) is 11.8 Å². The summed E-state index contributed by atoms with van der Waals surface area (Å²) in [6.45, 7) is 6.51. The zero-order valence-electron chi connectivity index (χ0n) is 17.2. The van der Waals surface area contributed by atoms with E-state index in [1.807, 2.05) is 13.0 Å². The van der Waals surface area contributed by atoms with Gasteiger partial charge in [-0.25, -0.2) is 0 Å². The average Bonchev–Trinajstić information content (AvgIpc) is 2.92. The Bertz CT molecular complexity index is 867. The fourth-order valence-corrected chi connectivity index (χ4v) is 5.35. The zero-order chi connectivity index (χ0) is 20.9. The molecule has 0 radical (unpaired) electrons. The number of aromatic hydroxyl groups is 1. The maximum absolute atomic E-state index is 13.2. The van der Waals surface area contributed by atoms with Crippen molar-refractivity contribution in [1.29, 1.82) is 0 Å². The monoisotopic (exact) mass is 397 g/mol. The van der Waals surface area contributed by atoms with E-state index in [0.29, 0.717) is 19.4 Å². The van der Waals surface area contributed by atoms with Crippen molar-refractivity contribution in [2.45, 2.75) is 46.1 Å². The van der Waals surface area contributed by atoms with Gasteiger partial charge in [0.05, 0.1) is 17.9 Å². The Hall–Kier alpha value is -2.12. The lowest BCUT2D eigenvalue weighted by Gasteiger charge is -2.43. The molecular weight excluding hydrogens is 369 g/mol. The molecule has 0 spiro atoms. The molecule has 2 saturated heterocycles. The van der Waals surface area contributed by atoms with Gasteiger partial charge in [0.25, 0.3) is 0 Å². The van der Waals surface area contributed by atoms with Crippen molar-refractivity contribution in [1.82, 2.24) is 4.90 Å². The van der Waals surface area contributed by atoms with Crippen molar-refractivity contribution < 1.29 is 24.4 Å². The molecule has 2 N–H and O–H groups in total. The molecule has 0 aromatic heterocycles. The number of allylic oxidation sites excluding steroid dienone is 2. The van der Waals surface area contributed by atoms with Crippen LogP contribution in [-0.2, 0) is 14.2 Å². The van der Waals surface area contributed by atoms with Crippen LogP contribution in [0, 0.1) is 23.7 Å². The average molecular weight is 397 g/mol. The number of hydrogen-bond donors (Lipinski definition) is 2. The summed E-state index contributed by atoms with van der Waals surface area (Å²) in [7, 11) is -1.11. The molecule has 6 nitrogen and oxygen atoms in total. The standard InChI is InChI=1S/C22H28BNO5/c1-4-8-24-21(26)17-10-15(12(2)3)20-16(19(17)22(24)27)11-18(29-23(20)28)13-6-5-7-14(25)9-13/h5-7,9,12,16-19,25,28H,4,8,10-11H2,1-3H3/t16-,17-,18-,19+/m0/s1. The largest absolute Gasteiger partial charge is 0.508 e. The number of carbonyl (C=O) groups is 2. The minimum atomic E-state index is -1.11. The van der Waals surface area contributed by atoms with E-state index >= 15 is 0 Å². The van der Waals surface area contributed by atoms with Crippen LogP contribution < -0.4 is 0 Å². The molecule has 1 aromatic carbocycles. The smallest absolute Gasteiger partial charge is 0.487 e. The molecule has 0 saturated carbocycles. The quantitative estimate of drug-likeness (QED) is 0.603. The Morgan fingerprint density at radius 2 is 2.00 bits per heavy atom. The number of benzene rings is 1. The molecule has 2 amide bonds. The molecule has 0 bridgehead atoms. The second kappa shape index (κ2) is 7.61. The fourth-order valence-electron chi connectivity index (χ4n) is 5.35. The van der Waals surface area contributed by atoms with E-state index in [4.69, 9.17) is 4.65 Å². The number of carbonyl (C=O) groups excluding carboxylic acids is 2. The lowest BCUT2D eigenvalue weighted by Crippen LogP contribution is -2.45. The highest BCUT2D eigenvalue weighted by Crippen LogP contribution is 2.52. The number of phenols is 1. The first-order chi connectivity index (χ1) is 13.8. The molecule has 2 heterocycles. The summed E-state index contributed by atoms with van der Waals surface area (Å²) in [4.78, 5) is 27.6. The first-order valence-electron chi connectivity index (χ1n) is 10.5. The second-order valence-electron chi connectivity index (χ2n) is 8.71. The van der Waals surface area contributed by atoms with E-state index in [0.717, 1.165) is 23.0 Å². The molecule has 0 unspecified atom stereocenters. The number of hydrogen-bond acceptors (Lipinski definition) is 5. The van der Waals surface area contributed by atoms with E-state index in [2.05, 4.69) is 13.8 Å². The van der Waals surface area contributed by atoms with Crippen molar-refractivity contribution in [3.63, 3.8) is 0 Å². The van der Waals surface area contributed by atoms with Crippen LogP contribution in [0.4, 0.5) is 0 Å². The third-order valence-corrected chi connectivity index (χ3v) is 6.62. The van der Waals surface area contributed by atoms with Gasteiger partial charge in [-0.1, -0.05) is 38.5 Å². The summed E-state index contributed by atoms with van der Waals surface area (Å²) in [6, 6.07) is 6.80. The second-order valence-corrected chi connectivity index (χ2v) is 8.71. The number of phenolic OH excluding ortho intramolecular Hbond substituents is 1. The molecule has 4 rings (SSSR count). The normalized spacial score (nSPS) is 29.6. The van der Waals surface area contributed by atoms with Crippen molar-refractivity contribution in [3.05, 3.63) is 40.9 Å². The van der Waals surface area contributed by atoms with Crippen LogP contribution in [0.3, 0.4) is 0 Å². The summed E-state index contributed by atoms with van der Waals surface area (Å²) < 4.78 is 5.94. The Labute approximate surface area is 171 Å². The van der Waals surface area contributed by atoms with Crippen LogP contribution in [0.15, 0.2) is 35.3 Å². The van der Waals surface area contributed by atoms with Crippen LogP contribution >= 0.6 is 0 Å². The van der Waals surface area contributed by atoms with Gasteiger partial charge in [0.1, 0.15) is 5.75 Å². The van der Waals surface area contributed by atoms with Crippen LogP contribution in [0.25, 0.3) is 0 Å². The summed E-state index contributed by atoms with van der Waals surface area (Å²) in [5.74, 6) is -0.926. The SMILES string of the molecule is CCCN1C(=O)[C@H]2[C@H](CC(C(C)C)=C3B(O)O[C@H](c4cccc(O)c4)C[C@H]32)C1=O. The fraction of sp³-hybridized carbons (Fsp3) is 0.545. The number of likely N-dealkylation sites (tertiary alicyclic amines) is 1. The molecule has 154 valence electrons. The third-order valence-electron chi connectivity index (χ3n) is 6.62. The molecule has 4 atom stereocenters. The summed E-state index contributed by atoms with van der Waals surface area (Å²) in [5, 5.41) is 20.8. The highest BCUT2D eigenvalue weighted by atomic mass is 16.5. The van der Waals surface area contributed by atoms with E-state index in [1.165, 1.54) is 4.90 Å². The molecule has 1 aliphatic carbocycles. The summed E-state index contributed by atoms with van der Waals surface area (Å²) in [5.41, 5.74) is 2.59. The molecule has 29 heavy (non-hydrogen) atoms. The number of rotatable bonds is 4. The molecular formula is C22H28BNO5. The predicted molar refractivity (Wildman–Crippen MR) is 108 cm³/mol. The van der Waals surface area contributed by atoms with Crippen molar-refractivity contribution in [2.24, 2.45) is 23.7 Å². The van der Waals surface area contributed by atoms with Crippen LogP contribution in [0.1, 0.15) is 51.7 Å². The van der Waals surface area contributed by atoms with Crippen molar-refractivity contribution in [3.8, 4) is 5.75 Å². The Morgan fingerprint density at radius 3 is 2.66 bits per heavy atom. The maximum atomic E-state index is 13.2. The molecule has 2 fully saturated rings. The van der Waals surface area contributed by atoms with E-state index in [9.17, 15) is 19.7 Å². The van der Waals surface area contributed by atoms with Gasteiger partial charge in [-0.05, 0) is 54.3 Å². The lowest BCUT2D eigenvalue weighted by atomic mass is 9.54. The van der Waals surface area contributed by atoms with Crippen LogP contribution in [-0.4, -0.2) is 40.5 Å².